The molecule has 0 aliphatic rings. The molecular formula is C16H16O. The maximum Gasteiger partial charge on any atom is 0.121 e. The molecule has 0 aliphatic heterocycles. The van der Waals surface area contributed by atoms with E-state index in [9.17, 15) is 5.11 Å². The summed E-state index contributed by atoms with van der Waals surface area (Å²) in [4.78, 5) is 0. The highest BCUT2D eigenvalue weighted by Gasteiger charge is 2.00. The van der Waals surface area contributed by atoms with Crippen LogP contribution in [-0.4, -0.2) is 5.11 Å². The SMILES string of the molecule is Cc1cccc(C/C=C/c2ccccc2)c1O. The van der Waals surface area contributed by atoms with Crippen LogP contribution in [0.4, 0.5) is 0 Å². The summed E-state index contributed by atoms with van der Waals surface area (Å²) >= 11 is 0. The second kappa shape index (κ2) is 5.35. The van der Waals surface area contributed by atoms with Crippen molar-refractivity contribution >= 4 is 6.08 Å². The highest BCUT2D eigenvalue weighted by atomic mass is 16.3. The Morgan fingerprint density at radius 2 is 1.76 bits per heavy atom. The summed E-state index contributed by atoms with van der Waals surface area (Å²) in [7, 11) is 0. The van der Waals surface area contributed by atoms with Crippen molar-refractivity contribution < 1.29 is 5.11 Å². The number of aromatic hydroxyl groups is 1. The van der Waals surface area contributed by atoms with Gasteiger partial charge in [-0.15, -0.1) is 0 Å². The van der Waals surface area contributed by atoms with Crippen molar-refractivity contribution in [3.8, 4) is 5.75 Å². The zero-order valence-electron chi connectivity index (χ0n) is 9.93. The Morgan fingerprint density at radius 3 is 2.53 bits per heavy atom. The molecule has 0 aromatic heterocycles. The van der Waals surface area contributed by atoms with Crippen LogP contribution in [0.15, 0.2) is 54.6 Å². The third-order valence-electron chi connectivity index (χ3n) is 2.77. The van der Waals surface area contributed by atoms with E-state index in [1.807, 2.05) is 43.3 Å². The van der Waals surface area contributed by atoms with Crippen LogP contribution in [0.5, 0.6) is 5.75 Å². The van der Waals surface area contributed by atoms with Crippen LogP contribution in [0.1, 0.15) is 16.7 Å². The van der Waals surface area contributed by atoms with Crippen molar-refractivity contribution in [1.29, 1.82) is 0 Å². The van der Waals surface area contributed by atoms with Crippen LogP contribution in [0.25, 0.3) is 6.08 Å². The molecule has 1 nitrogen and oxygen atoms in total. The molecule has 2 rings (SSSR count). The van der Waals surface area contributed by atoms with Gasteiger partial charge < -0.3 is 5.11 Å². The Balaban J connectivity index is 2.08. The first kappa shape index (κ1) is 11.5. The molecule has 86 valence electrons. The van der Waals surface area contributed by atoms with Gasteiger partial charge in [0.1, 0.15) is 5.75 Å². The minimum absolute atomic E-state index is 0.408. The topological polar surface area (TPSA) is 20.2 Å². The molecule has 0 fully saturated rings. The van der Waals surface area contributed by atoms with Crippen molar-refractivity contribution in [3.05, 3.63) is 71.3 Å². The third kappa shape index (κ3) is 2.97. The Morgan fingerprint density at radius 1 is 1.00 bits per heavy atom. The first-order chi connectivity index (χ1) is 8.27. The second-order valence-corrected chi connectivity index (χ2v) is 4.10. The Kier molecular flexibility index (Phi) is 3.61. The summed E-state index contributed by atoms with van der Waals surface area (Å²) in [5.74, 6) is 0.408. The fraction of sp³-hybridized carbons (Fsp3) is 0.125. The molecule has 0 heterocycles. The fourth-order valence-corrected chi connectivity index (χ4v) is 1.77. The second-order valence-electron chi connectivity index (χ2n) is 4.10. The predicted octanol–water partition coefficient (Wildman–Crippen LogP) is 3.96. The molecule has 1 N–H and O–H groups in total. The molecular weight excluding hydrogens is 208 g/mol. The Labute approximate surface area is 102 Å². The molecule has 0 saturated carbocycles. The van der Waals surface area contributed by atoms with Gasteiger partial charge in [-0.25, -0.2) is 0 Å². The van der Waals surface area contributed by atoms with Gasteiger partial charge in [-0.1, -0.05) is 60.7 Å². The largest absolute Gasteiger partial charge is 0.507 e. The lowest BCUT2D eigenvalue weighted by Crippen LogP contribution is -1.84. The maximum atomic E-state index is 9.86. The van der Waals surface area contributed by atoms with Gasteiger partial charge in [-0.2, -0.15) is 0 Å². The molecule has 0 radical (unpaired) electrons. The minimum Gasteiger partial charge on any atom is -0.507 e. The van der Waals surface area contributed by atoms with Crippen LogP contribution < -0.4 is 0 Å². The van der Waals surface area contributed by atoms with Crippen LogP contribution >= 0.6 is 0 Å². The zero-order chi connectivity index (χ0) is 12.1. The molecule has 2 aromatic rings. The highest BCUT2D eigenvalue weighted by molar-refractivity contribution is 5.50. The van der Waals surface area contributed by atoms with Crippen LogP contribution in [-0.2, 0) is 6.42 Å². The Bertz CT molecular complexity index is 512. The molecule has 0 saturated heterocycles. The number of hydrogen-bond donors (Lipinski definition) is 1. The smallest absolute Gasteiger partial charge is 0.121 e. The van der Waals surface area contributed by atoms with E-state index >= 15 is 0 Å². The van der Waals surface area contributed by atoms with Crippen LogP contribution in [0.2, 0.25) is 0 Å². The molecule has 17 heavy (non-hydrogen) atoms. The number of phenolic OH excluding ortho intramolecular Hbond substituents is 1. The lowest BCUT2D eigenvalue weighted by Gasteiger charge is -2.03. The number of para-hydroxylation sites is 1. The number of hydrogen-bond acceptors (Lipinski definition) is 1. The van der Waals surface area contributed by atoms with E-state index in [2.05, 4.69) is 24.3 Å². The normalized spacial score (nSPS) is 10.9. The van der Waals surface area contributed by atoms with E-state index in [-0.39, 0.29) is 0 Å². The first-order valence-corrected chi connectivity index (χ1v) is 5.76. The molecule has 0 unspecified atom stereocenters. The summed E-state index contributed by atoms with van der Waals surface area (Å²) in [6.07, 6.45) is 4.90. The van der Waals surface area contributed by atoms with Crippen molar-refractivity contribution in [2.75, 3.05) is 0 Å². The van der Waals surface area contributed by atoms with E-state index in [0.717, 1.165) is 17.5 Å². The monoisotopic (exact) mass is 224 g/mol. The number of aryl methyl sites for hydroxylation is 1. The molecule has 2 aromatic carbocycles. The molecule has 1 heteroatoms. The average Bonchev–Trinajstić information content (AvgIpc) is 2.36. The standard InChI is InChI=1S/C16H16O/c1-13-7-5-11-15(16(13)17)12-6-10-14-8-3-2-4-9-14/h2-11,17H,12H2,1H3/b10-6+. The van der Waals surface area contributed by atoms with E-state index in [1.54, 1.807) is 0 Å². The van der Waals surface area contributed by atoms with E-state index < -0.39 is 0 Å². The molecule has 0 spiro atoms. The molecule has 0 aliphatic carbocycles. The summed E-state index contributed by atoms with van der Waals surface area (Å²) in [6.45, 7) is 1.92. The van der Waals surface area contributed by atoms with Gasteiger partial charge in [0, 0.05) is 0 Å². The van der Waals surface area contributed by atoms with Crippen molar-refractivity contribution in [2.24, 2.45) is 0 Å². The van der Waals surface area contributed by atoms with E-state index in [1.165, 1.54) is 5.56 Å². The zero-order valence-corrected chi connectivity index (χ0v) is 9.93. The molecule has 0 atom stereocenters. The minimum atomic E-state index is 0.408. The summed E-state index contributed by atoms with van der Waals surface area (Å²) < 4.78 is 0. The van der Waals surface area contributed by atoms with Gasteiger partial charge in [0.25, 0.3) is 0 Å². The van der Waals surface area contributed by atoms with E-state index in [4.69, 9.17) is 0 Å². The number of rotatable bonds is 3. The van der Waals surface area contributed by atoms with Gasteiger partial charge in [-0.05, 0) is 30.0 Å². The molecule has 0 bridgehead atoms. The van der Waals surface area contributed by atoms with Crippen LogP contribution in [0, 0.1) is 6.92 Å². The summed E-state index contributed by atoms with van der Waals surface area (Å²) in [6, 6.07) is 16.0. The van der Waals surface area contributed by atoms with Gasteiger partial charge in [-0.3, -0.25) is 0 Å². The maximum absolute atomic E-state index is 9.86. The lowest BCUT2D eigenvalue weighted by molar-refractivity contribution is 0.465. The lowest BCUT2D eigenvalue weighted by atomic mass is 10.1. The third-order valence-corrected chi connectivity index (χ3v) is 2.77. The molecule has 0 amide bonds. The highest BCUT2D eigenvalue weighted by Crippen LogP contribution is 2.22. The Hall–Kier alpha value is -2.02. The van der Waals surface area contributed by atoms with E-state index in [0.29, 0.717) is 5.75 Å². The van der Waals surface area contributed by atoms with Crippen LogP contribution in [0.3, 0.4) is 0 Å². The fourth-order valence-electron chi connectivity index (χ4n) is 1.77. The average molecular weight is 224 g/mol. The summed E-state index contributed by atoms with van der Waals surface area (Å²) in [5.41, 5.74) is 3.08. The van der Waals surface area contributed by atoms with Gasteiger partial charge in [0.05, 0.1) is 0 Å². The van der Waals surface area contributed by atoms with Gasteiger partial charge in [0.2, 0.25) is 0 Å². The van der Waals surface area contributed by atoms with Gasteiger partial charge >= 0.3 is 0 Å². The van der Waals surface area contributed by atoms with Gasteiger partial charge in [0.15, 0.2) is 0 Å². The summed E-state index contributed by atoms with van der Waals surface area (Å²) in [5, 5.41) is 9.86. The number of benzene rings is 2. The quantitative estimate of drug-likeness (QED) is 0.836. The first-order valence-electron chi connectivity index (χ1n) is 5.76. The van der Waals surface area contributed by atoms with Crippen molar-refractivity contribution in [3.63, 3.8) is 0 Å². The van der Waals surface area contributed by atoms with Crippen molar-refractivity contribution in [1.82, 2.24) is 0 Å². The van der Waals surface area contributed by atoms with Crippen molar-refractivity contribution in [2.45, 2.75) is 13.3 Å². The number of phenols is 1. The predicted molar refractivity (Wildman–Crippen MR) is 72.0 cm³/mol. The number of allylic oxidation sites excluding steroid dienone is 1.